The van der Waals surface area contributed by atoms with E-state index in [1.807, 2.05) is 41.5 Å². The van der Waals surface area contributed by atoms with Gasteiger partial charge in [0.1, 0.15) is 0 Å². The standard InChI is InChI=1S/C3H7N.3C2H6/c1-3-2-4-3;3*1-2/h3-4H,2H2,1H3;3*1-2H3. The molecule has 0 aromatic heterocycles. The predicted molar refractivity (Wildman–Crippen MR) is 51.5 cm³/mol. The zero-order valence-electron chi connectivity index (χ0n) is 8.78. The van der Waals surface area contributed by atoms with Crippen molar-refractivity contribution in [3.8, 4) is 0 Å². The van der Waals surface area contributed by atoms with Crippen molar-refractivity contribution in [3.05, 3.63) is 0 Å². The summed E-state index contributed by atoms with van der Waals surface area (Å²) in [7, 11) is 0. The average molecular weight is 147 g/mol. The maximum absolute atomic E-state index is 3.10. The van der Waals surface area contributed by atoms with E-state index in [4.69, 9.17) is 0 Å². The van der Waals surface area contributed by atoms with Crippen LogP contribution in [0.15, 0.2) is 0 Å². The van der Waals surface area contributed by atoms with Crippen LogP contribution in [0.2, 0.25) is 0 Å². The SMILES string of the molecule is CC.CC.CC.CC1CN1. The summed E-state index contributed by atoms with van der Waals surface area (Å²) in [4.78, 5) is 0. The van der Waals surface area contributed by atoms with Crippen molar-refractivity contribution >= 4 is 0 Å². The van der Waals surface area contributed by atoms with E-state index in [0.717, 1.165) is 6.04 Å². The van der Waals surface area contributed by atoms with Crippen molar-refractivity contribution in [2.75, 3.05) is 6.54 Å². The van der Waals surface area contributed by atoms with Gasteiger partial charge in [-0.05, 0) is 6.92 Å². The summed E-state index contributed by atoms with van der Waals surface area (Å²) in [6.45, 7) is 15.4. The molecule has 1 N–H and O–H groups in total. The molecule has 1 saturated heterocycles. The first-order valence-electron chi connectivity index (χ1n) is 4.63. The average Bonchev–Trinajstić information content (AvgIpc) is 2.84. The van der Waals surface area contributed by atoms with Crippen LogP contribution in [0.3, 0.4) is 0 Å². The largest absolute Gasteiger partial charge is 0.311 e. The molecule has 1 heterocycles. The van der Waals surface area contributed by atoms with Gasteiger partial charge in [-0.25, -0.2) is 0 Å². The highest BCUT2D eigenvalue weighted by atomic mass is 15.1. The highest BCUT2D eigenvalue weighted by molar-refractivity contribution is 4.76. The van der Waals surface area contributed by atoms with Gasteiger partial charge in [0.15, 0.2) is 0 Å². The molecule has 0 saturated carbocycles. The zero-order chi connectivity index (χ0) is 8.99. The Morgan fingerprint density at radius 1 is 0.900 bits per heavy atom. The van der Waals surface area contributed by atoms with Crippen LogP contribution in [-0.4, -0.2) is 12.6 Å². The fourth-order valence-electron chi connectivity index (χ4n) is 0.118. The molecule has 0 spiro atoms. The molecular formula is C9H25N. The Labute approximate surface area is 67.2 Å². The first kappa shape index (κ1) is 16.5. The van der Waals surface area contributed by atoms with Crippen molar-refractivity contribution in [2.45, 2.75) is 54.5 Å². The number of nitrogens with one attached hydrogen (secondary N) is 1. The molecule has 1 heteroatoms. The van der Waals surface area contributed by atoms with Gasteiger partial charge in [-0.15, -0.1) is 0 Å². The summed E-state index contributed by atoms with van der Waals surface area (Å²) in [5.74, 6) is 0. The van der Waals surface area contributed by atoms with Crippen molar-refractivity contribution < 1.29 is 0 Å². The number of rotatable bonds is 0. The topological polar surface area (TPSA) is 21.9 Å². The van der Waals surface area contributed by atoms with E-state index in [-0.39, 0.29) is 0 Å². The molecule has 1 fully saturated rings. The van der Waals surface area contributed by atoms with Crippen molar-refractivity contribution in [1.82, 2.24) is 5.32 Å². The number of hydrogen-bond acceptors (Lipinski definition) is 1. The van der Waals surface area contributed by atoms with Crippen LogP contribution in [-0.2, 0) is 0 Å². The van der Waals surface area contributed by atoms with Gasteiger partial charge in [0.2, 0.25) is 0 Å². The fourth-order valence-corrected chi connectivity index (χ4v) is 0.118. The molecule has 0 aromatic rings. The monoisotopic (exact) mass is 147 g/mol. The minimum atomic E-state index is 0.833. The molecule has 0 amide bonds. The van der Waals surface area contributed by atoms with Crippen LogP contribution in [0, 0.1) is 0 Å². The molecular weight excluding hydrogens is 122 g/mol. The Kier molecular flexibility index (Phi) is 38.1. The predicted octanol–water partition coefficient (Wildman–Crippen LogP) is 3.06. The lowest BCUT2D eigenvalue weighted by atomic mass is 10.6. The number of hydrogen-bond donors (Lipinski definition) is 1. The second-order valence-electron chi connectivity index (χ2n) is 1.31. The highest BCUT2D eigenvalue weighted by Gasteiger charge is 2.10. The summed E-state index contributed by atoms with van der Waals surface area (Å²) < 4.78 is 0. The zero-order valence-corrected chi connectivity index (χ0v) is 8.78. The van der Waals surface area contributed by atoms with Gasteiger partial charge in [-0.1, -0.05) is 41.5 Å². The Balaban J connectivity index is -0.0000000729. The Bertz CT molecular complexity index is 23.9. The van der Waals surface area contributed by atoms with E-state index < -0.39 is 0 Å². The van der Waals surface area contributed by atoms with E-state index in [1.165, 1.54) is 6.54 Å². The molecule has 66 valence electrons. The maximum atomic E-state index is 3.10. The lowest BCUT2D eigenvalue weighted by Crippen LogP contribution is -1.72. The molecule has 1 atom stereocenters. The van der Waals surface area contributed by atoms with Crippen LogP contribution in [0.25, 0.3) is 0 Å². The Hall–Kier alpha value is -0.0400. The van der Waals surface area contributed by atoms with Crippen molar-refractivity contribution in [2.24, 2.45) is 0 Å². The van der Waals surface area contributed by atoms with Crippen molar-refractivity contribution in [3.63, 3.8) is 0 Å². The first-order chi connectivity index (χ1) is 4.89. The van der Waals surface area contributed by atoms with Crippen LogP contribution in [0.5, 0.6) is 0 Å². The van der Waals surface area contributed by atoms with E-state index in [9.17, 15) is 0 Å². The van der Waals surface area contributed by atoms with Crippen molar-refractivity contribution in [1.29, 1.82) is 0 Å². The Morgan fingerprint density at radius 2 is 1.00 bits per heavy atom. The second-order valence-corrected chi connectivity index (χ2v) is 1.31. The molecule has 0 aliphatic carbocycles. The smallest absolute Gasteiger partial charge is 0.0164 e. The van der Waals surface area contributed by atoms with Gasteiger partial charge in [0, 0.05) is 12.6 Å². The van der Waals surface area contributed by atoms with Gasteiger partial charge >= 0.3 is 0 Å². The summed E-state index contributed by atoms with van der Waals surface area (Å²) in [6, 6.07) is 0.833. The summed E-state index contributed by atoms with van der Waals surface area (Å²) in [6.07, 6.45) is 0. The summed E-state index contributed by atoms with van der Waals surface area (Å²) in [5.41, 5.74) is 0. The van der Waals surface area contributed by atoms with E-state index >= 15 is 0 Å². The molecule has 1 unspecified atom stereocenters. The van der Waals surface area contributed by atoms with Crippen LogP contribution < -0.4 is 5.32 Å². The summed E-state index contributed by atoms with van der Waals surface area (Å²) >= 11 is 0. The van der Waals surface area contributed by atoms with Gasteiger partial charge < -0.3 is 5.32 Å². The van der Waals surface area contributed by atoms with Gasteiger partial charge in [-0.2, -0.15) is 0 Å². The van der Waals surface area contributed by atoms with Crippen LogP contribution in [0.1, 0.15) is 48.5 Å². The minimum absolute atomic E-state index is 0.833. The van der Waals surface area contributed by atoms with Gasteiger partial charge in [-0.3, -0.25) is 0 Å². The van der Waals surface area contributed by atoms with Crippen LogP contribution >= 0.6 is 0 Å². The third-order valence-corrected chi connectivity index (χ3v) is 0.612. The lowest BCUT2D eigenvalue weighted by molar-refractivity contribution is 1.09. The molecule has 1 rings (SSSR count). The molecule has 1 nitrogen and oxygen atoms in total. The molecule has 1 aliphatic rings. The normalized spacial score (nSPS) is 17.7. The summed E-state index contributed by atoms with van der Waals surface area (Å²) in [5, 5.41) is 3.10. The molecule has 0 bridgehead atoms. The van der Waals surface area contributed by atoms with Gasteiger partial charge in [0.05, 0.1) is 0 Å². The molecule has 0 radical (unpaired) electrons. The second kappa shape index (κ2) is 23.1. The molecule has 10 heavy (non-hydrogen) atoms. The molecule has 1 aliphatic heterocycles. The fraction of sp³-hybridized carbons (Fsp3) is 1.00. The third-order valence-electron chi connectivity index (χ3n) is 0.612. The van der Waals surface area contributed by atoms with Gasteiger partial charge in [0.25, 0.3) is 0 Å². The maximum Gasteiger partial charge on any atom is 0.0164 e. The third kappa shape index (κ3) is 44.0. The highest BCUT2D eigenvalue weighted by Crippen LogP contribution is 1.88. The first-order valence-corrected chi connectivity index (χ1v) is 4.63. The quantitative estimate of drug-likeness (QED) is 0.523. The van der Waals surface area contributed by atoms with E-state index in [1.54, 1.807) is 0 Å². The molecule has 0 aromatic carbocycles. The Morgan fingerprint density at radius 3 is 1.00 bits per heavy atom. The minimum Gasteiger partial charge on any atom is -0.311 e. The van der Waals surface area contributed by atoms with E-state index in [0.29, 0.717) is 0 Å². The van der Waals surface area contributed by atoms with Crippen LogP contribution in [0.4, 0.5) is 0 Å². The van der Waals surface area contributed by atoms with E-state index in [2.05, 4.69) is 12.2 Å². The lowest BCUT2D eigenvalue weighted by Gasteiger charge is -1.53.